The monoisotopic (exact) mass is 256 g/mol. The number of hydrogen-bond acceptors (Lipinski definition) is 4. The summed E-state index contributed by atoms with van der Waals surface area (Å²) >= 11 is 0. The quantitative estimate of drug-likeness (QED) is 0.811. The third kappa shape index (κ3) is 5.19. The molecule has 0 spiro atoms. The SMILES string of the molecule is CC(C)(C)OC(=O)N=c1ccn(COC(N)=O)[nH]1. The molecule has 1 aromatic heterocycles. The van der Waals surface area contributed by atoms with Crippen LogP contribution in [-0.2, 0) is 16.2 Å². The molecule has 100 valence electrons. The van der Waals surface area contributed by atoms with Gasteiger partial charge < -0.3 is 15.2 Å². The lowest BCUT2D eigenvalue weighted by Crippen LogP contribution is -2.23. The molecule has 0 saturated carbocycles. The molecule has 0 fully saturated rings. The minimum Gasteiger partial charge on any atom is -0.442 e. The molecule has 0 aliphatic heterocycles. The second-order valence-corrected chi connectivity index (χ2v) is 4.47. The van der Waals surface area contributed by atoms with Crippen LogP contribution >= 0.6 is 0 Å². The molecule has 0 saturated heterocycles. The zero-order valence-electron chi connectivity index (χ0n) is 10.5. The van der Waals surface area contributed by atoms with Crippen molar-refractivity contribution >= 4 is 12.2 Å². The van der Waals surface area contributed by atoms with E-state index < -0.39 is 17.8 Å². The molecular weight excluding hydrogens is 240 g/mol. The Labute approximate surface area is 103 Å². The predicted molar refractivity (Wildman–Crippen MR) is 61.2 cm³/mol. The van der Waals surface area contributed by atoms with Crippen LogP contribution in [0.5, 0.6) is 0 Å². The maximum atomic E-state index is 11.4. The smallest absolute Gasteiger partial charge is 0.436 e. The van der Waals surface area contributed by atoms with Gasteiger partial charge in [-0.05, 0) is 20.8 Å². The van der Waals surface area contributed by atoms with E-state index in [1.165, 1.54) is 10.7 Å². The van der Waals surface area contributed by atoms with E-state index in [0.29, 0.717) is 0 Å². The van der Waals surface area contributed by atoms with Gasteiger partial charge in [0.25, 0.3) is 0 Å². The van der Waals surface area contributed by atoms with E-state index in [2.05, 4.69) is 14.8 Å². The van der Waals surface area contributed by atoms with Crippen molar-refractivity contribution < 1.29 is 19.1 Å². The highest BCUT2D eigenvalue weighted by atomic mass is 16.6. The Kier molecular flexibility index (Phi) is 4.13. The summed E-state index contributed by atoms with van der Waals surface area (Å²) in [6.07, 6.45) is -0.0402. The molecule has 0 aliphatic carbocycles. The Morgan fingerprint density at radius 1 is 1.50 bits per heavy atom. The Morgan fingerprint density at radius 2 is 2.17 bits per heavy atom. The van der Waals surface area contributed by atoms with Crippen molar-refractivity contribution in [2.24, 2.45) is 10.7 Å². The first-order valence-electron chi connectivity index (χ1n) is 5.22. The van der Waals surface area contributed by atoms with E-state index >= 15 is 0 Å². The molecule has 0 radical (unpaired) electrons. The topological polar surface area (TPSA) is 112 Å². The summed E-state index contributed by atoms with van der Waals surface area (Å²) in [5.41, 5.74) is 4.50. The highest BCUT2D eigenvalue weighted by Gasteiger charge is 2.15. The first-order valence-corrected chi connectivity index (χ1v) is 5.22. The van der Waals surface area contributed by atoms with Crippen molar-refractivity contribution in [3.05, 3.63) is 17.8 Å². The number of H-pyrrole nitrogens is 1. The zero-order valence-corrected chi connectivity index (χ0v) is 10.5. The molecule has 18 heavy (non-hydrogen) atoms. The average molecular weight is 256 g/mol. The lowest BCUT2D eigenvalue weighted by Gasteiger charge is -2.16. The summed E-state index contributed by atoms with van der Waals surface area (Å²) in [7, 11) is 0. The molecule has 3 N–H and O–H groups in total. The van der Waals surface area contributed by atoms with Gasteiger partial charge in [-0.25, -0.2) is 9.59 Å². The number of carbonyl (C=O) groups is 2. The van der Waals surface area contributed by atoms with E-state index in [1.54, 1.807) is 27.0 Å². The van der Waals surface area contributed by atoms with E-state index in [4.69, 9.17) is 10.5 Å². The van der Waals surface area contributed by atoms with E-state index in [1.807, 2.05) is 0 Å². The fourth-order valence-electron chi connectivity index (χ4n) is 1.04. The van der Waals surface area contributed by atoms with Crippen LogP contribution in [0.3, 0.4) is 0 Å². The van der Waals surface area contributed by atoms with E-state index in [-0.39, 0.29) is 12.2 Å². The predicted octanol–water partition coefficient (Wildman–Crippen LogP) is 0.705. The van der Waals surface area contributed by atoms with Crippen LogP contribution in [0.4, 0.5) is 9.59 Å². The van der Waals surface area contributed by atoms with Crippen LogP contribution in [0.1, 0.15) is 20.8 Å². The van der Waals surface area contributed by atoms with Gasteiger partial charge in [0.15, 0.2) is 12.2 Å². The number of hydrogen-bond donors (Lipinski definition) is 2. The van der Waals surface area contributed by atoms with Gasteiger partial charge in [-0.2, -0.15) is 4.99 Å². The molecule has 0 aromatic carbocycles. The molecule has 0 bridgehead atoms. The van der Waals surface area contributed by atoms with E-state index in [0.717, 1.165) is 0 Å². The van der Waals surface area contributed by atoms with Gasteiger partial charge in [-0.3, -0.25) is 9.78 Å². The lowest BCUT2D eigenvalue weighted by atomic mass is 10.2. The average Bonchev–Trinajstić information content (AvgIpc) is 2.59. The second-order valence-electron chi connectivity index (χ2n) is 4.47. The molecule has 2 amide bonds. The number of carbonyl (C=O) groups excluding carboxylic acids is 2. The largest absolute Gasteiger partial charge is 0.442 e. The van der Waals surface area contributed by atoms with Gasteiger partial charge >= 0.3 is 12.2 Å². The number of nitrogens with two attached hydrogens (primary N) is 1. The second kappa shape index (κ2) is 5.39. The fourth-order valence-corrected chi connectivity index (χ4v) is 1.04. The number of rotatable bonds is 2. The van der Waals surface area contributed by atoms with Gasteiger partial charge in [0.1, 0.15) is 5.60 Å². The van der Waals surface area contributed by atoms with Gasteiger partial charge in [-0.1, -0.05) is 0 Å². The molecule has 0 unspecified atom stereocenters. The summed E-state index contributed by atoms with van der Waals surface area (Å²) in [4.78, 5) is 25.5. The zero-order chi connectivity index (χ0) is 13.8. The fraction of sp³-hybridized carbons (Fsp3) is 0.500. The molecule has 8 nitrogen and oxygen atoms in total. The van der Waals surface area contributed by atoms with Crippen molar-refractivity contribution in [2.75, 3.05) is 0 Å². The first-order chi connectivity index (χ1) is 8.26. The third-order valence-electron chi connectivity index (χ3n) is 1.62. The maximum absolute atomic E-state index is 11.4. The number of amides is 2. The Bertz CT molecular complexity index is 494. The van der Waals surface area contributed by atoms with Gasteiger partial charge in [0, 0.05) is 12.3 Å². The van der Waals surface area contributed by atoms with Crippen molar-refractivity contribution in [1.82, 2.24) is 9.78 Å². The van der Waals surface area contributed by atoms with Crippen LogP contribution < -0.4 is 11.2 Å². The molecular formula is C10H16N4O4. The summed E-state index contributed by atoms with van der Waals surface area (Å²) in [5.74, 6) is 0. The van der Waals surface area contributed by atoms with Crippen LogP contribution in [0.25, 0.3) is 0 Å². The Balaban J connectivity index is 2.67. The molecule has 0 atom stereocenters. The van der Waals surface area contributed by atoms with Crippen molar-refractivity contribution in [3.63, 3.8) is 0 Å². The summed E-state index contributed by atoms with van der Waals surface area (Å²) in [5, 5.41) is 2.70. The van der Waals surface area contributed by atoms with Gasteiger partial charge in [0.2, 0.25) is 0 Å². The first kappa shape index (κ1) is 13.8. The Hall–Kier alpha value is -2.25. The van der Waals surface area contributed by atoms with Gasteiger partial charge in [0.05, 0.1) is 0 Å². The van der Waals surface area contributed by atoms with Gasteiger partial charge in [-0.15, -0.1) is 0 Å². The summed E-state index contributed by atoms with van der Waals surface area (Å²) in [6.45, 7) is 5.15. The van der Waals surface area contributed by atoms with Crippen LogP contribution in [0.15, 0.2) is 17.3 Å². The Morgan fingerprint density at radius 3 is 2.72 bits per heavy atom. The molecule has 8 heteroatoms. The van der Waals surface area contributed by atoms with Crippen LogP contribution in [0, 0.1) is 0 Å². The number of nitrogens with zero attached hydrogens (tertiary/aromatic N) is 2. The highest BCUT2D eigenvalue weighted by Crippen LogP contribution is 2.07. The third-order valence-corrected chi connectivity index (χ3v) is 1.62. The highest BCUT2D eigenvalue weighted by molar-refractivity contribution is 5.68. The normalized spacial score (nSPS) is 12.3. The maximum Gasteiger partial charge on any atom is 0.436 e. The summed E-state index contributed by atoms with van der Waals surface area (Å²) < 4.78 is 10.9. The molecule has 1 aromatic rings. The number of ether oxygens (including phenoxy) is 2. The van der Waals surface area contributed by atoms with Crippen molar-refractivity contribution in [3.8, 4) is 0 Å². The van der Waals surface area contributed by atoms with Crippen LogP contribution in [-0.4, -0.2) is 27.6 Å². The summed E-state index contributed by atoms with van der Waals surface area (Å²) in [6, 6.07) is 1.54. The number of aromatic amines is 1. The van der Waals surface area contributed by atoms with Crippen molar-refractivity contribution in [2.45, 2.75) is 33.1 Å². The lowest BCUT2D eigenvalue weighted by molar-refractivity contribution is 0.0595. The minimum atomic E-state index is -0.886. The molecule has 0 aliphatic rings. The van der Waals surface area contributed by atoms with Crippen LogP contribution in [0.2, 0.25) is 0 Å². The minimum absolute atomic E-state index is 0.0842. The molecule has 1 heterocycles. The standard InChI is InChI=1S/C10H16N4O4/c1-10(2,3)18-9(16)12-7-4-5-14(13-7)6-17-8(11)15/h4-5H,6H2,1-3H3,(H2,11,15)(H,12,13,16). The molecule has 1 rings (SSSR count). The van der Waals surface area contributed by atoms with E-state index in [9.17, 15) is 9.59 Å². The number of aromatic nitrogens is 2. The number of primary amides is 1. The van der Waals surface area contributed by atoms with Crippen molar-refractivity contribution in [1.29, 1.82) is 0 Å². The number of nitrogens with one attached hydrogen (secondary N) is 1.